The quantitative estimate of drug-likeness (QED) is 0.487. The van der Waals surface area contributed by atoms with Crippen molar-refractivity contribution >= 4 is 22.6 Å². The van der Waals surface area contributed by atoms with Gasteiger partial charge in [0.2, 0.25) is 5.91 Å². The van der Waals surface area contributed by atoms with Crippen LogP contribution in [0.4, 0.5) is 0 Å². The minimum absolute atomic E-state index is 0.0571. The van der Waals surface area contributed by atoms with E-state index in [2.05, 4.69) is 41.7 Å². The summed E-state index contributed by atoms with van der Waals surface area (Å²) in [5, 5.41) is 5.52. The Kier molecular flexibility index (Phi) is 6.17. The average Bonchev–Trinajstić information content (AvgIpc) is 3.30. The molecule has 1 saturated heterocycles. The van der Waals surface area contributed by atoms with Crippen molar-refractivity contribution in [2.75, 3.05) is 13.7 Å². The first-order valence-electron chi connectivity index (χ1n) is 12.2. The second-order valence-corrected chi connectivity index (χ2v) is 9.43. The molecule has 2 unspecified atom stereocenters. The molecule has 0 radical (unpaired) electrons. The number of ether oxygens (including phenoxy) is 1. The topological polar surface area (TPSA) is 55.4 Å². The minimum atomic E-state index is -0.327. The van der Waals surface area contributed by atoms with Crippen LogP contribution in [0.15, 0.2) is 60.7 Å². The normalized spacial score (nSPS) is 19.9. The molecule has 1 aliphatic heterocycles. The zero-order chi connectivity index (χ0) is 22.8. The molecule has 33 heavy (non-hydrogen) atoms. The highest BCUT2D eigenvalue weighted by Gasteiger charge is 2.39. The van der Waals surface area contributed by atoms with Crippen LogP contribution in [0, 0.1) is 11.8 Å². The van der Waals surface area contributed by atoms with E-state index < -0.39 is 0 Å². The molecule has 3 aromatic rings. The van der Waals surface area contributed by atoms with E-state index in [1.165, 1.54) is 55.5 Å². The largest absolute Gasteiger partial charge is 0.465 e. The molecule has 0 aromatic heterocycles. The van der Waals surface area contributed by atoms with Gasteiger partial charge in [0.25, 0.3) is 0 Å². The SMILES string of the molecule is COC(=O)c1ccc(-c2ccc(C(C3CCCCC3)C3CCNC3=O)c3ccccc23)cc1. The van der Waals surface area contributed by atoms with Crippen LogP contribution < -0.4 is 5.32 Å². The van der Waals surface area contributed by atoms with E-state index in [1.807, 2.05) is 24.3 Å². The fraction of sp³-hybridized carbons (Fsp3) is 0.379. The molecule has 1 saturated carbocycles. The lowest BCUT2D eigenvalue weighted by atomic mass is 9.69. The summed E-state index contributed by atoms with van der Waals surface area (Å²) >= 11 is 0. The highest BCUT2D eigenvalue weighted by Crippen LogP contribution is 2.46. The van der Waals surface area contributed by atoms with E-state index in [9.17, 15) is 9.59 Å². The second-order valence-electron chi connectivity index (χ2n) is 9.43. The van der Waals surface area contributed by atoms with E-state index in [0.717, 1.165) is 24.1 Å². The molecule has 2 fully saturated rings. The summed E-state index contributed by atoms with van der Waals surface area (Å²) < 4.78 is 4.84. The summed E-state index contributed by atoms with van der Waals surface area (Å²) in [5.74, 6) is 0.764. The number of carbonyl (C=O) groups is 2. The van der Waals surface area contributed by atoms with Crippen LogP contribution in [0.25, 0.3) is 21.9 Å². The molecule has 0 spiro atoms. The predicted octanol–water partition coefficient (Wildman–Crippen LogP) is 6.09. The summed E-state index contributed by atoms with van der Waals surface area (Å²) in [6.07, 6.45) is 7.17. The maximum Gasteiger partial charge on any atom is 0.337 e. The van der Waals surface area contributed by atoms with Crippen molar-refractivity contribution in [2.24, 2.45) is 11.8 Å². The number of methoxy groups -OCH3 is 1. The lowest BCUT2D eigenvalue weighted by Gasteiger charge is -2.34. The number of rotatable bonds is 5. The van der Waals surface area contributed by atoms with E-state index >= 15 is 0 Å². The van der Waals surface area contributed by atoms with Gasteiger partial charge in [0.1, 0.15) is 0 Å². The van der Waals surface area contributed by atoms with Gasteiger partial charge in [0, 0.05) is 12.5 Å². The third-order valence-corrected chi connectivity index (χ3v) is 7.62. The van der Waals surface area contributed by atoms with Crippen molar-refractivity contribution in [1.82, 2.24) is 5.32 Å². The number of carbonyl (C=O) groups excluding carboxylic acids is 2. The summed E-state index contributed by atoms with van der Waals surface area (Å²) in [7, 11) is 1.40. The third kappa shape index (κ3) is 4.15. The van der Waals surface area contributed by atoms with Crippen LogP contribution in [0.2, 0.25) is 0 Å². The first-order chi connectivity index (χ1) is 16.2. The molecule has 1 aliphatic carbocycles. The van der Waals surface area contributed by atoms with Gasteiger partial charge in [-0.05, 0) is 70.7 Å². The molecule has 0 bridgehead atoms. The highest BCUT2D eigenvalue weighted by atomic mass is 16.5. The Morgan fingerprint density at radius 3 is 2.30 bits per heavy atom. The molecule has 1 heterocycles. The molecule has 2 atom stereocenters. The maximum absolute atomic E-state index is 12.8. The maximum atomic E-state index is 12.8. The minimum Gasteiger partial charge on any atom is -0.465 e. The van der Waals surface area contributed by atoms with Gasteiger partial charge in [-0.15, -0.1) is 0 Å². The summed E-state index contributed by atoms with van der Waals surface area (Å²) in [5.41, 5.74) is 4.07. The van der Waals surface area contributed by atoms with Crippen LogP contribution in [-0.2, 0) is 9.53 Å². The summed E-state index contributed by atoms with van der Waals surface area (Å²) in [6.45, 7) is 0.787. The van der Waals surface area contributed by atoms with E-state index in [1.54, 1.807) is 0 Å². The number of hydrogen-bond donors (Lipinski definition) is 1. The Labute approximate surface area is 195 Å². The Balaban J connectivity index is 1.60. The molecule has 170 valence electrons. The number of fused-ring (bicyclic) bond motifs is 1. The molecular weight excluding hydrogens is 410 g/mol. The Morgan fingerprint density at radius 2 is 1.64 bits per heavy atom. The summed E-state index contributed by atoms with van der Waals surface area (Å²) in [6, 6.07) is 20.6. The molecule has 1 N–H and O–H groups in total. The zero-order valence-corrected chi connectivity index (χ0v) is 19.2. The fourth-order valence-electron chi connectivity index (χ4n) is 6.02. The van der Waals surface area contributed by atoms with Gasteiger partial charge >= 0.3 is 5.97 Å². The number of amides is 1. The Hall–Kier alpha value is -3.14. The summed E-state index contributed by atoms with van der Waals surface area (Å²) in [4.78, 5) is 24.7. The van der Waals surface area contributed by atoms with Crippen molar-refractivity contribution in [3.8, 4) is 11.1 Å². The van der Waals surface area contributed by atoms with Crippen LogP contribution in [0.1, 0.15) is 60.4 Å². The van der Waals surface area contributed by atoms with Gasteiger partial charge in [-0.25, -0.2) is 4.79 Å². The van der Waals surface area contributed by atoms with Crippen LogP contribution in [0.5, 0.6) is 0 Å². The number of benzene rings is 3. The van der Waals surface area contributed by atoms with Crippen LogP contribution >= 0.6 is 0 Å². The van der Waals surface area contributed by atoms with Crippen LogP contribution in [-0.4, -0.2) is 25.5 Å². The van der Waals surface area contributed by atoms with E-state index in [-0.39, 0.29) is 23.7 Å². The van der Waals surface area contributed by atoms with E-state index in [4.69, 9.17) is 4.74 Å². The Bertz CT molecular complexity index is 1160. The third-order valence-electron chi connectivity index (χ3n) is 7.62. The van der Waals surface area contributed by atoms with Crippen LogP contribution in [0.3, 0.4) is 0 Å². The van der Waals surface area contributed by atoms with Crippen molar-refractivity contribution in [1.29, 1.82) is 0 Å². The van der Waals surface area contributed by atoms with Crippen molar-refractivity contribution in [2.45, 2.75) is 44.4 Å². The molecule has 4 nitrogen and oxygen atoms in total. The highest BCUT2D eigenvalue weighted by molar-refractivity contribution is 6.00. The number of esters is 1. The van der Waals surface area contributed by atoms with Crippen molar-refractivity contribution < 1.29 is 14.3 Å². The van der Waals surface area contributed by atoms with Gasteiger partial charge in [0.15, 0.2) is 0 Å². The molecular formula is C29H31NO3. The van der Waals surface area contributed by atoms with Crippen molar-refractivity contribution in [3.05, 3.63) is 71.8 Å². The lowest BCUT2D eigenvalue weighted by molar-refractivity contribution is -0.123. The van der Waals surface area contributed by atoms with Gasteiger partial charge in [0.05, 0.1) is 12.7 Å². The molecule has 2 aliphatic rings. The van der Waals surface area contributed by atoms with Gasteiger partial charge < -0.3 is 10.1 Å². The first kappa shape index (κ1) is 21.7. The van der Waals surface area contributed by atoms with E-state index in [0.29, 0.717) is 11.5 Å². The molecule has 5 rings (SSSR count). The molecule has 1 amide bonds. The lowest BCUT2D eigenvalue weighted by Crippen LogP contribution is -2.29. The standard InChI is InChI=1S/C29H31NO3/c1-33-29(32)21-13-11-19(12-14-21)22-15-16-25(24-10-6-5-9-23(22)24)27(20-7-3-2-4-8-20)26-17-18-30-28(26)31/h5-6,9-16,20,26-27H,2-4,7-8,17-18H2,1H3,(H,30,31). The molecule has 3 aromatic carbocycles. The Morgan fingerprint density at radius 1 is 0.909 bits per heavy atom. The van der Waals surface area contributed by atoms with Gasteiger partial charge in [-0.3, -0.25) is 4.79 Å². The van der Waals surface area contributed by atoms with Crippen molar-refractivity contribution in [3.63, 3.8) is 0 Å². The monoisotopic (exact) mass is 441 g/mol. The van der Waals surface area contributed by atoms with Gasteiger partial charge in [-0.1, -0.05) is 67.8 Å². The first-order valence-corrected chi connectivity index (χ1v) is 12.2. The number of hydrogen-bond acceptors (Lipinski definition) is 3. The predicted molar refractivity (Wildman–Crippen MR) is 131 cm³/mol. The second kappa shape index (κ2) is 9.38. The fourth-order valence-corrected chi connectivity index (χ4v) is 6.02. The average molecular weight is 442 g/mol. The molecule has 4 heteroatoms. The smallest absolute Gasteiger partial charge is 0.337 e. The van der Waals surface area contributed by atoms with Gasteiger partial charge in [-0.2, -0.15) is 0 Å². The zero-order valence-electron chi connectivity index (χ0n) is 19.2. The number of nitrogens with one attached hydrogen (secondary N) is 1.